The highest BCUT2D eigenvalue weighted by Gasteiger charge is 2.08. The van der Waals surface area contributed by atoms with Gasteiger partial charge in [-0.1, -0.05) is 30.3 Å². The van der Waals surface area contributed by atoms with Crippen molar-refractivity contribution in [2.45, 2.75) is 18.9 Å². The van der Waals surface area contributed by atoms with Gasteiger partial charge in [0, 0.05) is 19.6 Å². The molecule has 0 aromatic heterocycles. The third-order valence-electron chi connectivity index (χ3n) is 2.24. The van der Waals surface area contributed by atoms with Gasteiger partial charge in [-0.2, -0.15) is 0 Å². The van der Waals surface area contributed by atoms with Crippen LogP contribution >= 0.6 is 0 Å². The average molecular weight is 223 g/mol. The molecule has 0 heterocycles. The molecule has 0 saturated carbocycles. The van der Waals surface area contributed by atoms with Gasteiger partial charge in [-0.05, 0) is 12.0 Å². The summed E-state index contributed by atoms with van der Waals surface area (Å²) in [7, 11) is 0. The highest BCUT2D eigenvalue weighted by molar-refractivity contribution is 5.75. The van der Waals surface area contributed by atoms with E-state index in [1.54, 1.807) is 0 Å². The molecule has 0 radical (unpaired) electrons. The molecule has 0 aliphatic rings. The Hall–Kier alpha value is -1.39. The molecule has 0 spiro atoms. The zero-order valence-corrected chi connectivity index (χ0v) is 9.10. The second-order valence-electron chi connectivity index (χ2n) is 3.56. The first-order chi connectivity index (χ1) is 7.74. The quantitative estimate of drug-likeness (QED) is 0.661. The maximum atomic E-state index is 11.2. The zero-order chi connectivity index (χ0) is 11.8. The highest BCUT2D eigenvalue weighted by Crippen LogP contribution is 2.10. The van der Waals surface area contributed by atoms with Crippen molar-refractivity contribution < 1.29 is 15.0 Å². The molecule has 0 bridgehead atoms. The van der Waals surface area contributed by atoms with E-state index in [0.29, 0.717) is 6.42 Å². The molecule has 4 nitrogen and oxygen atoms in total. The van der Waals surface area contributed by atoms with Gasteiger partial charge in [-0.15, -0.1) is 0 Å². The predicted molar refractivity (Wildman–Crippen MR) is 60.7 cm³/mol. The fourth-order valence-electron chi connectivity index (χ4n) is 1.33. The van der Waals surface area contributed by atoms with Gasteiger partial charge in [0.1, 0.15) is 0 Å². The molecule has 0 fully saturated rings. The highest BCUT2D eigenvalue weighted by atomic mass is 16.3. The van der Waals surface area contributed by atoms with E-state index >= 15 is 0 Å². The van der Waals surface area contributed by atoms with Crippen LogP contribution < -0.4 is 5.32 Å². The Labute approximate surface area is 94.9 Å². The fourth-order valence-corrected chi connectivity index (χ4v) is 1.33. The van der Waals surface area contributed by atoms with Gasteiger partial charge in [-0.3, -0.25) is 4.79 Å². The van der Waals surface area contributed by atoms with Gasteiger partial charge < -0.3 is 15.5 Å². The number of hydrogen-bond donors (Lipinski definition) is 3. The van der Waals surface area contributed by atoms with Crippen molar-refractivity contribution in [1.82, 2.24) is 5.32 Å². The molecule has 0 saturated heterocycles. The molecule has 3 N–H and O–H groups in total. The number of amides is 1. The van der Waals surface area contributed by atoms with Crippen molar-refractivity contribution in [3.05, 3.63) is 35.9 Å². The Morgan fingerprint density at radius 2 is 2.00 bits per heavy atom. The predicted octanol–water partition coefficient (Wildman–Crippen LogP) is 0.609. The summed E-state index contributed by atoms with van der Waals surface area (Å²) in [6.45, 7) is 0.211. The number of aliphatic hydroxyl groups is 2. The van der Waals surface area contributed by atoms with Crippen molar-refractivity contribution in [2.75, 3.05) is 13.2 Å². The maximum absolute atomic E-state index is 11.2. The summed E-state index contributed by atoms with van der Waals surface area (Å²) in [6.07, 6.45) is 0.0601. The van der Waals surface area contributed by atoms with Crippen LogP contribution in [0.25, 0.3) is 0 Å². The molecule has 1 aromatic carbocycles. The number of carbonyl (C=O) groups is 1. The van der Waals surface area contributed by atoms with Gasteiger partial charge >= 0.3 is 0 Å². The Bertz CT molecular complexity index is 313. The fraction of sp³-hybridized carbons (Fsp3) is 0.417. The first-order valence-electron chi connectivity index (χ1n) is 5.34. The number of benzene rings is 1. The van der Waals surface area contributed by atoms with Gasteiger partial charge in [0.2, 0.25) is 5.91 Å². The maximum Gasteiger partial charge on any atom is 0.220 e. The van der Waals surface area contributed by atoms with Crippen molar-refractivity contribution in [3.63, 3.8) is 0 Å². The van der Waals surface area contributed by atoms with E-state index in [9.17, 15) is 9.90 Å². The molecule has 1 rings (SSSR count). The number of rotatable bonds is 6. The van der Waals surface area contributed by atoms with Gasteiger partial charge in [0.15, 0.2) is 0 Å². The molecule has 1 aromatic rings. The Balaban J connectivity index is 2.30. The largest absolute Gasteiger partial charge is 0.396 e. The summed E-state index contributed by atoms with van der Waals surface area (Å²) >= 11 is 0. The first-order valence-corrected chi connectivity index (χ1v) is 5.34. The van der Waals surface area contributed by atoms with Gasteiger partial charge in [0.25, 0.3) is 0 Å². The summed E-state index contributed by atoms with van der Waals surface area (Å²) in [5, 5.41) is 20.9. The lowest BCUT2D eigenvalue weighted by atomic mass is 10.1. The SMILES string of the molecule is O=C(CCCO)NCC(O)c1ccccc1. The minimum absolute atomic E-state index is 0.00859. The van der Waals surface area contributed by atoms with Crippen LogP contribution in [0, 0.1) is 0 Å². The first kappa shape index (κ1) is 12.7. The Morgan fingerprint density at radius 3 is 2.62 bits per heavy atom. The minimum Gasteiger partial charge on any atom is -0.396 e. The number of aliphatic hydroxyl groups excluding tert-OH is 2. The van der Waals surface area contributed by atoms with Crippen LogP contribution in [0.4, 0.5) is 0 Å². The van der Waals surface area contributed by atoms with E-state index in [0.717, 1.165) is 5.56 Å². The monoisotopic (exact) mass is 223 g/mol. The molecule has 88 valence electrons. The van der Waals surface area contributed by atoms with Crippen LogP contribution in [0.3, 0.4) is 0 Å². The van der Waals surface area contributed by atoms with Crippen molar-refractivity contribution in [2.24, 2.45) is 0 Å². The zero-order valence-electron chi connectivity index (χ0n) is 9.10. The lowest BCUT2D eigenvalue weighted by Gasteiger charge is -2.11. The van der Waals surface area contributed by atoms with Gasteiger partial charge in [-0.25, -0.2) is 0 Å². The molecule has 4 heteroatoms. The topological polar surface area (TPSA) is 69.6 Å². The molecular weight excluding hydrogens is 206 g/mol. The van der Waals surface area contributed by atoms with Crippen LogP contribution in [0.2, 0.25) is 0 Å². The molecule has 0 aliphatic heterocycles. The Kier molecular flexibility index (Phi) is 5.53. The normalized spacial score (nSPS) is 12.1. The number of hydrogen-bond acceptors (Lipinski definition) is 3. The van der Waals surface area contributed by atoms with E-state index in [4.69, 9.17) is 5.11 Å². The van der Waals surface area contributed by atoms with Crippen molar-refractivity contribution in [1.29, 1.82) is 0 Å². The average Bonchev–Trinajstić information content (AvgIpc) is 2.34. The van der Waals surface area contributed by atoms with E-state index in [-0.39, 0.29) is 25.5 Å². The van der Waals surface area contributed by atoms with Crippen molar-refractivity contribution in [3.8, 4) is 0 Å². The van der Waals surface area contributed by atoms with E-state index in [1.165, 1.54) is 0 Å². The van der Waals surface area contributed by atoms with Crippen LogP contribution in [0.5, 0.6) is 0 Å². The lowest BCUT2D eigenvalue weighted by molar-refractivity contribution is -0.121. The second-order valence-corrected chi connectivity index (χ2v) is 3.56. The molecule has 1 unspecified atom stereocenters. The summed E-state index contributed by atoms with van der Waals surface area (Å²) in [5.41, 5.74) is 0.782. The Morgan fingerprint density at radius 1 is 1.31 bits per heavy atom. The van der Waals surface area contributed by atoms with E-state index in [1.807, 2.05) is 30.3 Å². The third kappa shape index (κ3) is 4.42. The van der Waals surface area contributed by atoms with Crippen LogP contribution in [0.15, 0.2) is 30.3 Å². The molecule has 1 amide bonds. The molecule has 16 heavy (non-hydrogen) atoms. The standard InChI is InChI=1S/C12H17NO3/c14-8-4-7-12(16)13-9-11(15)10-5-2-1-3-6-10/h1-3,5-6,11,14-15H,4,7-9H2,(H,13,16). The molecular formula is C12H17NO3. The van der Waals surface area contributed by atoms with Crippen LogP contribution in [0.1, 0.15) is 24.5 Å². The minimum atomic E-state index is -0.681. The van der Waals surface area contributed by atoms with E-state index < -0.39 is 6.10 Å². The summed E-state index contributed by atoms with van der Waals surface area (Å²) in [5.74, 6) is -0.149. The van der Waals surface area contributed by atoms with Crippen molar-refractivity contribution >= 4 is 5.91 Å². The summed E-state index contributed by atoms with van der Waals surface area (Å²) < 4.78 is 0. The lowest BCUT2D eigenvalue weighted by Crippen LogP contribution is -2.28. The summed E-state index contributed by atoms with van der Waals surface area (Å²) in [4.78, 5) is 11.2. The smallest absolute Gasteiger partial charge is 0.220 e. The second kappa shape index (κ2) is 6.98. The summed E-state index contributed by atoms with van der Waals surface area (Å²) in [6, 6.07) is 9.17. The molecule has 1 atom stereocenters. The van der Waals surface area contributed by atoms with Gasteiger partial charge in [0.05, 0.1) is 6.10 Å². The van der Waals surface area contributed by atoms with E-state index in [2.05, 4.69) is 5.32 Å². The van der Waals surface area contributed by atoms with Crippen LogP contribution in [-0.2, 0) is 4.79 Å². The molecule has 0 aliphatic carbocycles. The van der Waals surface area contributed by atoms with Crippen LogP contribution in [-0.4, -0.2) is 29.3 Å². The number of carbonyl (C=O) groups excluding carboxylic acids is 1. The third-order valence-corrected chi connectivity index (χ3v) is 2.24. The number of nitrogens with one attached hydrogen (secondary N) is 1.